The van der Waals surface area contributed by atoms with Gasteiger partial charge >= 0.3 is 0 Å². The minimum atomic E-state index is -0.438. The number of benzene rings is 3. The molecular formula is C21H13Cl2N3OS2. The van der Waals surface area contributed by atoms with Gasteiger partial charge in [-0.05, 0) is 54.7 Å². The fourth-order valence-electron chi connectivity index (χ4n) is 2.76. The van der Waals surface area contributed by atoms with Gasteiger partial charge in [0.15, 0.2) is 5.11 Å². The second kappa shape index (κ2) is 8.47. The molecule has 1 amide bonds. The van der Waals surface area contributed by atoms with Crippen LogP contribution in [0, 0.1) is 0 Å². The van der Waals surface area contributed by atoms with Crippen LogP contribution in [0.25, 0.3) is 20.8 Å². The number of nitrogens with one attached hydrogen (secondary N) is 2. The van der Waals surface area contributed by atoms with Crippen LogP contribution in [0.5, 0.6) is 0 Å². The van der Waals surface area contributed by atoms with Crippen molar-refractivity contribution in [3.63, 3.8) is 0 Å². The van der Waals surface area contributed by atoms with Crippen molar-refractivity contribution in [2.45, 2.75) is 0 Å². The average Bonchev–Trinajstić information content (AvgIpc) is 3.14. The van der Waals surface area contributed by atoms with Crippen molar-refractivity contribution < 1.29 is 4.79 Å². The van der Waals surface area contributed by atoms with Gasteiger partial charge in [0.2, 0.25) is 0 Å². The first-order valence-corrected chi connectivity index (χ1v) is 10.5. The molecule has 0 fully saturated rings. The van der Waals surface area contributed by atoms with Crippen LogP contribution in [0.4, 0.5) is 5.69 Å². The van der Waals surface area contributed by atoms with E-state index in [4.69, 9.17) is 40.4 Å². The first kappa shape index (κ1) is 19.8. The molecule has 8 heteroatoms. The van der Waals surface area contributed by atoms with Crippen LogP contribution in [0.1, 0.15) is 10.4 Å². The first-order valence-electron chi connectivity index (χ1n) is 8.53. The molecule has 2 N–H and O–H groups in total. The van der Waals surface area contributed by atoms with Gasteiger partial charge in [-0.25, -0.2) is 4.98 Å². The number of halogens is 2. The van der Waals surface area contributed by atoms with E-state index in [1.165, 1.54) is 6.07 Å². The van der Waals surface area contributed by atoms with E-state index in [0.717, 1.165) is 26.5 Å². The van der Waals surface area contributed by atoms with Crippen LogP contribution in [-0.2, 0) is 0 Å². The zero-order valence-electron chi connectivity index (χ0n) is 14.8. The third-order valence-corrected chi connectivity index (χ3v) is 5.94. The number of thiocarbonyl (C=S) groups is 1. The zero-order chi connectivity index (χ0) is 20.4. The molecule has 0 spiro atoms. The lowest BCUT2D eigenvalue weighted by Crippen LogP contribution is -2.34. The van der Waals surface area contributed by atoms with Crippen molar-refractivity contribution in [3.05, 3.63) is 82.3 Å². The van der Waals surface area contributed by atoms with Crippen LogP contribution in [0.15, 0.2) is 66.7 Å². The molecule has 0 aliphatic heterocycles. The number of hydrogen-bond acceptors (Lipinski definition) is 4. The molecule has 1 heterocycles. The van der Waals surface area contributed by atoms with Gasteiger partial charge in [-0.15, -0.1) is 11.3 Å². The van der Waals surface area contributed by atoms with Gasteiger partial charge in [-0.3, -0.25) is 10.1 Å². The summed E-state index contributed by atoms with van der Waals surface area (Å²) in [5, 5.41) is 7.44. The lowest BCUT2D eigenvalue weighted by Gasteiger charge is -2.13. The van der Waals surface area contributed by atoms with Crippen LogP contribution < -0.4 is 10.6 Å². The largest absolute Gasteiger partial charge is 0.332 e. The number of hydrogen-bond donors (Lipinski definition) is 2. The van der Waals surface area contributed by atoms with Crippen LogP contribution >= 0.6 is 46.8 Å². The third-order valence-electron chi connectivity index (χ3n) is 4.10. The van der Waals surface area contributed by atoms with E-state index in [-0.39, 0.29) is 10.7 Å². The maximum atomic E-state index is 12.5. The van der Waals surface area contributed by atoms with Gasteiger partial charge in [0, 0.05) is 10.6 Å². The van der Waals surface area contributed by atoms with Crippen LogP contribution in [-0.4, -0.2) is 16.0 Å². The summed E-state index contributed by atoms with van der Waals surface area (Å²) in [6.07, 6.45) is 0. The number of anilines is 1. The van der Waals surface area contributed by atoms with E-state index in [9.17, 15) is 4.79 Å². The monoisotopic (exact) mass is 457 g/mol. The molecule has 144 valence electrons. The van der Waals surface area contributed by atoms with Crippen molar-refractivity contribution in [3.8, 4) is 10.6 Å². The Hall–Kier alpha value is -2.51. The molecule has 0 radical (unpaired) electrons. The molecule has 0 aliphatic rings. The molecule has 0 saturated carbocycles. The number of rotatable bonds is 3. The lowest BCUT2D eigenvalue weighted by molar-refractivity contribution is 0.0978. The topological polar surface area (TPSA) is 54.0 Å². The highest BCUT2D eigenvalue weighted by atomic mass is 35.5. The number of nitrogens with zero attached hydrogens (tertiary/aromatic N) is 1. The van der Waals surface area contributed by atoms with E-state index in [1.54, 1.807) is 23.5 Å². The number of aromatic nitrogens is 1. The van der Waals surface area contributed by atoms with Crippen molar-refractivity contribution in [2.75, 3.05) is 5.32 Å². The highest BCUT2D eigenvalue weighted by molar-refractivity contribution is 7.80. The SMILES string of the molecule is O=C(NC(=S)Nc1ccccc1-c1nc2ccccc2s1)c1cc(Cl)ccc1Cl. The number of amides is 1. The Morgan fingerprint density at radius 1 is 1.00 bits per heavy atom. The normalized spacial score (nSPS) is 10.7. The van der Waals surface area contributed by atoms with Crippen molar-refractivity contribution in [1.82, 2.24) is 10.3 Å². The Morgan fingerprint density at radius 3 is 2.59 bits per heavy atom. The Labute approximate surface area is 186 Å². The zero-order valence-corrected chi connectivity index (χ0v) is 17.9. The van der Waals surface area contributed by atoms with Gasteiger partial charge in [-0.1, -0.05) is 47.5 Å². The lowest BCUT2D eigenvalue weighted by atomic mass is 10.2. The van der Waals surface area contributed by atoms with E-state index in [0.29, 0.717) is 10.0 Å². The molecule has 3 aromatic carbocycles. The fraction of sp³-hybridized carbons (Fsp3) is 0. The fourth-order valence-corrected chi connectivity index (χ4v) is 4.34. The third kappa shape index (κ3) is 4.41. The van der Waals surface area contributed by atoms with Gasteiger partial charge in [0.1, 0.15) is 5.01 Å². The molecule has 4 nitrogen and oxygen atoms in total. The van der Waals surface area contributed by atoms with Crippen LogP contribution in [0.3, 0.4) is 0 Å². The maximum absolute atomic E-state index is 12.5. The van der Waals surface area contributed by atoms with Crippen molar-refractivity contribution >= 4 is 73.7 Å². The van der Waals surface area contributed by atoms with Crippen LogP contribution in [0.2, 0.25) is 10.0 Å². The average molecular weight is 458 g/mol. The van der Waals surface area contributed by atoms with E-state index < -0.39 is 5.91 Å². The molecule has 0 unspecified atom stereocenters. The van der Waals surface area contributed by atoms with E-state index >= 15 is 0 Å². The first-order chi connectivity index (χ1) is 14.0. The molecular weight excluding hydrogens is 445 g/mol. The summed E-state index contributed by atoms with van der Waals surface area (Å²) >= 11 is 19.0. The summed E-state index contributed by atoms with van der Waals surface area (Å²) in [6.45, 7) is 0. The predicted molar refractivity (Wildman–Crippen MR) is 125 cm³/mol. The van der Waals surface area contributed by atoms with Gasteiger partial charge in [0.05, 0.1) is 26.5 Å². The minimum absolute atomic E-state index is 0.152. The minimum Gasteiger partial charge on any atom is -0.332 e. The molecule has 0 aliphatic carbocycles. The van der Waals surface area contributed by atoms with Gasteiger partial charge in [-0.2, -0.15) is 0 Å². The summed E-state index contributed by atoms with van der Waals surface area (Å²) in [5.74, 6) is -0.438. The van der Waals surface area contributed by atoms with Gasteiger partial charge < -0.3 is 5.32 Å². The second-order valence-electron chi connectivity index (χ2n) is 6.06. The summed E-state index contributed by atoms with van der Waals surface area (Å²) < 4.78 is 1.10. The summed E-state index contributed by atoms with van der Waals surface area (Å²) in [7, 11) is 0. The standard InChI is InChI=1S/C21H13Cl2N3OS2/c22-12-9-10-15(23)14(11-12)19(27)26-21(28)25-16-6-2-1-5-13(16)20-24-17-7-3-4-8-18(17)29-20/h1-11H,(H2,25,26,27,28). The predicted octanol–water partition coefficient (Wildman–Crippen LogP) is 6.40. The summed E-state index contributed by atoms with van der Waals surface area (Å²) in [4.78, 5) is 17.2. The summed E-state index contributed by atoms with van der Waals surface area (Å²) in [5.41, 5.74) is 2.83. The highest BCUT2D eigenvalue weighted by Crippen LogP contribution is 2.34. The highest BCUT2D eigenvalue weighted by Gasteiger charge is 2.15. The molecule has 0 bridgehead atoms. The number of carbonyl (C=O) groups is 1. The maximum Gasteiger partial charge on any atom is 0.258 e. The molecule has 4 rings (SSSR count). The summed E-state index contributed by atoms with van der Waals surface area (Å²) in [6, 6.07) is 20.3. The second-order valence-corrected chi connectivity index (χ2v) is 8.35. The van der Waals surface area contributed by atoms with E-state index in [2.05, 4.69) is 10.6 Å². The number of fused-ring (bicyclic) bond motifs is 1. The Bertz CT molecular complexity index is 1210. The molecule has 0 saturated heterocycles. The molecule has 1 aromatic heterocycles. The molecule has 4 aromatic rings. The molecule has 0 atom stereocenters. The van der Waals surface area contributed by atoms with Crippen molar-refractivity contribution in [1.29, 1.82) is 0 Å². The Balaban J connectivity index is 1.56. The number of para-hydroxylation sites is 2. The Kier molecular flexibility index (Phi) is 5.78. The van der Waals surface area contributed by atoms with Gasteiger partial charge in [0.25, 0.3) is 5.91 Å². The number of thiazole rings is 1. The van der Waals surface area contributed by atoms with E-state index in [1.807, 2.05) is 48.5 Å². The Morgan fingerprint density at radius 2 is 1.76 bits per heavy atom. The number of carbonyl (C=O) groups excluding carboxylic acids is 1. The molecule has 29 heavy (non-hydrogen) atoms. The quantitative estimate of drug-likeness (QED) is 0.349. The smallest absolute Gasteiger partial charge is 0.258 e. The van der Waals surface area contributed by atoms with Crippen molar-refractivity contribution in [2.24, 2.45) is 0 Å².